The zero-order chi connectivity index (χ0) is 14.1. The van der Waals surface area contributed by atoms with Crippen molar-refractivity contribution in [3.05, 3.63) is 71.8 Å². The molecule has 0 heteroatoms. The molecule has 20 heavy (non-hydrogen) atoms. The predicted octanol–water partition coefficient (Wildman–Crippen LogP) is 5.89. The van der Waals surface area contributed by atoms with E-state index in [2.05, 4.69) is 81.4 Å². The molecule has 3 rings (SSSR count). The molecule has 0 spiro atoms. The average molecular weight is 260 g/mol. The summed E-state index contributed by atoms with van der Waals surface area (Å²) in [6, 6.07) is 22.0. The zero-order valence-electron chi connectivity index (χ0n) is 12.4. The highest BCUT2D eigenvalue weighted by Crippen LogP contribution is 2.38. The Kier molecular flexibility index (Phi) is 3.31. The molecular formula is C20H20. The van der Waals surface area contributed by atoms with Crippen LogP contribution in [-0.4, -0.2) is 0 Å². The number of hydrogen-bond acceptors (Lipinski definition) is 0. The van der Waals surface area contributed by atoms with E-state index >= 15 is 0 Å². The molecule has 1 aromatic rings. The van der Waals surface area contributed by atoms with Gasteiger partial charge < -0.3 is 0 Å². The van der Waals surface area contributed by atoms with Gasteiger partial charge in [-0.3, -0.25) is 0 Å². The molecule has 0 N–H and O–H groups in total. The van der Waals surface area contributed by atoms with Gasteiger partial charge in [-0.15, -0.1) is 0 Å². The molecule has 0 amide bonds. The maximum absolute atomic E-state index is 2.30. The van der Waals surface area contributed by atoms with E-state index in [1.54, 1.807) is 0 Å². The van der Waals surface area contributed by atoms with Crippen LogP contribution in [0.4, 0.5) is 0 Å². The Balaban J connectivity index is 2.22. The van der Waals surface area contributed by atoms with Crippen molar-refractivity contribution in [3.63, 3.8) is 0 Å². The lowest BCUT2D eigenvalue weighted by Gasteiger charge is -2.01. The van der Waals surface area contributed by atoms with Crippen molar-refractivity contribution < 1.29 is 0 Å². The fourth-order valence-electron chi connectivity index (χ4n) is 2.79. The number of aryl methyl sites for hydroxylation is 1. The fourth-order valence-corrected chi connectivity index (χ4v) is 2.79. The van der Waals surface area contributed by atoms with E-state index in [0.717, 1.165) is 0 Å². The molecule has 0 aromatic heterocycles. The second-order valence-electron chi connectivity index (χ2n) is 5.76. The summed E-state index contributed by atoms with van der Waals surface area (Å²) in [7, 11) is 0. The van der Waals surface area contributed by atoms with Crippen molar-refractivity contribution in [2.75, 3.05) is 0 Å². The second kappa shape index (κ2) is 5.13. The van der Waals surface area contributed by atoms with E-state index in [-0.39, 0.29) is 0 Å². The molecular weight excluding hydrogens is 240 g/mol. The summed E-state index contributed by atoms with van der Waals surface area (Å²) >= 11 is 0. The third kappa shape index (κ3) is 2.22. The Morgan fingerprint density at radius 3 is 2.00 bits per heavy atom. The fraction of sp³-hybridized carbons (Fsp3) is 0.200. The number of benzene rings is 1. The van der Waals surface area contributed by atoms with Crippen molar-refractivity contribution in [3.8, 4) is 22.3 Å². The number of hydrogen-bond donors (Lipinski definition) is 0. The first-order valence-corrected chi connectivity index (χ1v) is 7.25. The van der Waals surface area contributed by atoms with Gasteiger partial charge in [0.15, 0.2) is 0 Å². The van der Waals surface area contributed by atoms with Crippen LogP contribution in [0.5, 0.6) is 0 Å². The van der Waals surface area contributed by atoms with Crippen LogP contribution in [0.1, 0.15) is 30.9 Å². The summed E-state index contributed by atoms with van der Waals surface area (Å²) in [4.78, 5) is 0. The Bertz CT molecular complexity index is 693. The van der Waals surface area contributed by atoms with Gasteiger partial charge in [0.25, 0.3) is 0 Å². The van der Waals surface area contributed by atoms with Crippen molar-refractivity contribution in [1.29, 1.82) is 0 Å². The highest BCUT2D eigenvalue weighted by molar-refractivity contribution is 5.88. The quantitative estimate of drug-likeness (QED) is 0.539. The van der Waals surface area contributed by atoms with Gasteiger partial charge in [-0.05, 0) is 46.2 Å². The van der Waals surface area contributed by atoms with Crippen molar-refractivity contribution in [2.45, 2.75) is 26.7 Å². The van der Waals surface area contributed by atoms with Gasteiger partial charge in [0.1, 0.15) is 0 Å². The summed E-state index contributed by atoms with van der Waals surface area (Å²) in [5, 5.41) is 0. The highest BCUT2D eigenvalue weighted by Gasteiger charge is 2.13. The minimum absolute atomic E-state index is 0.562. The summed E-state index contributed by atoms with van der Waals surface area (Å²) in [6.07, 6.45) is 0. The maximum Gasteiger partial charge on any atom is -0.0102 e. The van der Waals surface area contributed by atoms with Gasteiger partial charge in [0, 0.05) is 0 Å². The molecule has 0 saturated heterocycles. The Morgan fingerprint density at radius 1 is 0.700 bits per heavy atom. The normalized spacial score (nSPS) is 11.2. The van der Waals surface area contributed by atoms with Crippen LogP contribution in [-0.2, 0) is 0 Å². The molecule has 0 unspecified atom stereocenters. The first kappa shape index (κ1) is 12.9. The lowest BCUT2D eigenvalue weighted by Crippen LogP contribution is -1.81. The van der Waals surface area contributed by atoms with E-state index in [9.17, 15) is 0 Å². The average Bonchev–Trinajstić information content (AvgIpc) is 2.64. The molecule has 1 aromatic carbocycles. The summed E-state index contributed by atoms with van der Waals surface area (Å²) in [6.45, 7) is 6.68. The third-order valence-corrected chi connectivity index (χ3v) is 4.00. The molecule has 0 atom stereocenters. The molecule has 0 bridgehead atoms. The van der Waals surface area contributed by atoms with Crippen LogP contribution in [0.3, 0.4) is 0 Å². The number of rotatable bonds is 2. The molecule has 0 aliphatic heterocycles. The van der Waals surface area contributed by atoms with E-state index in [1.807, 2.05) is 0 Å². The lowest BCUT2D eigenvalue weighted by atomic mass is 10.0. The van der Waals surface area contributed by atoms with Crippen LogP contribution >= 0.6 is 0 Å². The van der Waals surface area contributed by atoms with Gasteiger partial charge >= 0.3 is 0 Å². The van der Waals surface area contributed by atoms with E-state index < -0.39 is 0 Å². The third-order valence-electron chi connectivity index (χ3n) is 4.00. The molecule has 0 heterocycles. The topological polar surface area (TPSA) is 0 Å². The summed E-state index contributed by atoms with van der Waals surface area (Å²) < 4.78 is 0. The molecule has 0 nitrogen and oxygen atoms in total. The first-order chi connectivity index (χ1) is 9.66. The van der Waals surface area contributed by atoms with Crippen LogP contribution in [0.15, 0.2) is 60.7 Å². The van der Waals surface area contributed by atoms with E-state index in [4.69, 9.17) is 0 Å². The highest BCUT2D eigenvalue weighted by atomic mass is 14.2. The van der Waals surface area contributed by atoms with Gasteiger partial charge in [-0.1, -0.05) is 74.5 Å². The van der Waals surface area contributed by atoms with Crippen molar-refractivity contribution >= 4 is 0 Å². The van der Waals surface area contributed by atoms with E-state index in [0.29, 0.717) is 5.92 Å². The molecule has 0 radical (unpaired) electrons. The Morgan fingerprint density at radius 2 is 1.35 bits per heavy atom. The van der Waals surface area contributed by atoms with Crippen LogP contribution in [0.25, 0.3) is 22.3 Å². The second-order valence-corrected chi connectivity index (χ2v) is 5.76. The minimum Gasteiger partial charge on any atom is -0.0622 e. The van der Waals surface area contributed by atoms with Gasteiger partial charge in [0.2, 0.25) is 0 Å². The minimum atomic E-state index is 0.562. The molecule has 2 aliphatic rings. The lowest BCUT2D eigenvalue weighted by molar-refractivity contribution is 0.868. The zero-order valence-corrected chi connectivity index (χ0v) is 12.4. The smallest absolute Gasteiger partial charge is 0.0102 e. The SMILES string of the molecule is Cc1cc(-c2ccccc2)c2ccc(C(C)C)ccc1-2. The largest absolute Gasteiger partial charge is 0.0622 e. The van der Waals surface area contributed by atoms with Gasteiger partial charge in [0.05, 0.1) is 0 Å². The van der Waals surface area contributed by atoms with Crippen molar-refractivity contribution in [2.24, 2.45) is 0 Å². The molecule has 0 saturated carbocycles. The van der Waals surface area contributed by atoms with Crippen LogP contribution < -0.4 is 0 Å². The van der Waals surface area contributed by atoms with Crippen LogP contribution in [0.2, 0.25) is 0 Å². The van der Waals surface area contributed by atoms with Crippen LogP contribution in [0, 0.1) is 6.92 Å². The van der Waals surface area contributed by atoms with E-state index in [1.165, 1.54) is 33.4 Å². The number of fused-ring (bicyclic) bond motifs is 1. The van der Waals surface area contributed by atoms with Gasteiger partial charge in [-0.25, -0.2) is 0 Å². The predicted molar refractivity (Wildman–Crippen MR) is 87.3 cm³/mol. The molecule has 0 fully saturated rings. The monoisotopic (exact) mass is 260 g/mol. The van der Waals surface area contributed by atoms with Gasteiger partial charge in [-0.2, -0.15) is 0 Å². The Labute approximate surface area is 121 Å². The van der Waals surface area contributed by atoms with Crippen molar-refractivity contribution in [1.82, 2.24) is 0 Å². The Hall–Kier alpha value is -2.08. The molecule has 2 aliphatic carbocycles. The summed E-state index contributed by atoms with van der Waals surface area (Å²) in [5.41, 5.74) is 8.08. The summed E-state index contributed by atoms with van der Waals surface area (Å²) in [5.74, 6) is 0.562. The first-order valence-electron chi connectivity index (χ1n) is 7.25. The standard InChI is InChI=1S/C20H20/c1-14(2)16-9-11-18-15(3)13-20(19(18)12-10-16)17-7-5-4-6-8-17/h4-14H,1-3H3. The molecule has 100 valence electrons. The maximum atomic E-state index is 2.30.